The van der Waals surface area contributed by atoms with Crippen LogP contribution in [0.25, 0.3) is 0 Å². The topological polar surface area (TPSA) is 64.7 Å². The lowest BCUT2D eigenvalue weighted by molar-refractivity contribution is -0.134. The molecule has 164 valence electrons. The Morgan fingerprint density at radius 3 is 2.29 bits per heavy atom. The van der Waals surface area contributed by atoms with Crippen molar-refractivity contribution in [3.8, 4) is 0 Å². The number of benzene rings is 2. The molecule has 2 aromatic rings. The van der Waals surface area contributed by atoms with Crippen molar-refractivity contribution >= 4 is 52.1 Å². The van der Waals surface area contributed by atoms with Crippen LogP contribution in [0.1, 0.15) is 29.8 Å². The van der Waals surface area contributed by atoms with Crippen LogP contribution < -0.4 is 15.5 Å². The molecule has 3 rings (SSSR count). The monoisotopic (exact) mass is 458 g/mol. The first-order valence-corrected chi connectivity index (χ1v) is 11.1. The second-order valence-electron chi connectivity index (χ2n) is 7.88. The highest BCUT2D eigenvalue weighted by Crippen LogP contribution is 2.34. The van der Waals surface area contributed by atoms with Gasteiger partial charge in [-0.2, -0.15) is 0 Å². The molecular formula is C23H27ClN4O2S. The molecule has 0 saturated carbocycles. The van der Waals surface area contributed by atoms with Crippen molar-refractivity contribution < 1.29 is 9.59 Å². The van der Waals surface area contributed by atoms with Crippen molar-refractivity contribution in [2.24, 2.45) is 5.92 Å². The van der Waals surface area contributed by atoms with Gasteiger partial charge >= 0.3 is 0 Å². The Hall–Kier alpha value is -2.64. The smallest absolute Gasteiger partial charge is 0.257 e. The fourth-order valence-electron chi connectivity index (χ4n) is 3.49. The van der Waals surface area contributed by atoms with Gasteiger partial charge in [0.15, 0.2) is 5.11 Å². The zero-order chi connectivity index (χ0) is 22.5. The standard InChI is InChI=1S/C23H27ClN4O2S/c1-15(2)22(30)28-13-11-27(12-14-28)20-18(24)5-4-6-19(20)25-23(31)26-21(29)17-9-7-16(3)8-10-17/h4-10,15H,11-14H2,1-3H3,(H2,25,26,29,31). The van der Waals surface area contributed by atoms with Crippen LogP contribution in [-0.2, 0) is 4.79 Å². The highest BCUT2D eigenvalue weighted by Gasteiger charge is 2.25. The van der Waals surface area contributed by atoms with E-state index in [4.69, 9.17) is 23.8 Å². The summed E-state index contributed by atoms with van der Waals surface area (Å²) in [5.74, 6) is -0.127. The second kappa shape index (κ2) is 10.1. The summed E-state index contributed by atoms with van der Waals surface area (Å²) in [4.78, 5) is 28.7. The van der Waals surface area contributed by atoms with E-state index in [1.165, 1.54) is 0 Å². The first-order valence-electron chi connectivity index (χ1n) is 10.3. The number of carbonyl (C=O) groups is 2. The van der Waals surface area contributed by atoms with Crippen LogP contribution >= 0.6 is 23.8 Å². The number of nitrogens with one attached hydrogen (secondary N) is 2. The van der Waals surface area contributed by atoms with E-state index in [0.717, 1.165) is 11.3 Å². The SMILES string of the molecule is Cc1ccc(C(=O)NC(=S)Nc2cccc(Cl)c2N2CCN(C(=O)C(C)C)CC2)cc1. The van der Waals surface area contributed by atoms with E-state index >= 15 is 0 Å². The predicted octanol–water partition coefficient (Wildman–Crippen LogP) is 4.08. The fraction of sp³-hybridized carbons (Fsp3) is 0.348. The summed E-state index contributed by atoms with van der Waals surface area (Å²) in [6.07, 6.45) is 0. The molecule has 0 radical (unpaired) electrons. The van der Waals surface area contributed by atoms with Crippen molar-refractivity contribution in [2.45, 2.75) is 20.8 Å². The Morgan fingerprint density at radius 2 is 1.68 bits per heavy atom. The molecule has 31 heavy (non-hydrogen) atoms. The molecule has 2 amide bonds. The van der Waals surface area contributed by atoms with Crippen molar-refractivity contribution in [3.63, 3.8) is 0 Å². The Bertz CT molecular complexity index is 970. The minimum absolute atomic E-state index is 0.0152. The van der Waals surface area contributed by atoms with Crippen molar-refractivity contribution in [3.05, 3.63) is 58.6 Å². The number of para-hydroxylation sites is 1. The van der Waals surface area contributed by atoms with E-state index in [1.54, 1.807) is 12.1 Å². The Balaban J connectivity index is 1.68. The Morgan fingerprint density at radius 1 is 1.03 bits per heavy atom. The number of halogens is 1. The molecule has 0 aliphatic carbocycles. The average molecular weight is 459 g/mol. The summed E-state index contributed by atoms with van der Waals surface area (Å²) in [5.41, 5.74) is 3.14. The van der Waals surface area contributed by atoms with Gasteiger partial charge in [0.2, 0.25) is 5.91 Å². The van der Waals surface area contributed by atoms with E-state index in [0.29, 0.717) is 42.5 Å². The number of piperazine rings is 1. The van der Waals surface area contributed by atoms with Crippen molar-refractivity contribution in [1.29, 1.82) is 0 Å². The first kappa shape index (κ1) is 23.0. The predicted molar refractivity (Wildman–Crippen MR) is 130 cm³/mol. The number of amides is 2. The maximum absolute atomic E-state index is 12.5. The lowest BCUT2D eigenvalue weighted by Crippen LogP contribution is -2.50. The zero-order valence-electron chi connectivity index (χ0n) is 17.9. The average Bonchev–Trinajstić information content (AvgIpc) is 2.74. The van der Waals surface area contributed by atoms with Gasteiger partial charge in [0.25, 0.3) is 5.91 Å². The third kappa shape index (κ3) is 5.74. The Kier molecular flexibility index (Phi) is 7.51. The number of rotatable bonds is 4. The number of aryl methyl sites for hydroxylation is 1. The third-order valence-electron chi connectivity index (χ3n) is 5.18. The molecule has 0 unspecified atom stereocenters. The van der Waals surface area contributed by atoms with Gasteiger partial charge in [0, 0.05) is 37.7 Å². The van der Waals surface area contributed by atoms with Gasteiger partial charge in [-0.25, -0.2) is 0 Å². The Labute approximate surface area is 193 Å². The van der Waals surface area contributed by atoms with E-state index in [9.17, 15) is 9.59 Å². The summed E-state index contributed by atoms with van der Waals surface area (Å²) >= 11 is 11.9. The lowest BCUT2D eigenvalue weighted by atomic mass is 10.1. The molecule has 0 aromatic heterocycles. The van der Waals surface area contributed by atoms with Crippen LogP contribution in [0.4, 0.5) is 11.4 Å². The summed E-state index contributed by atoms with van der Waals surface area (Å²) < 4.78 is 0. The maximum atomic E-state index is 12.5. The molecule has 1 heterocycles. The summed E-state index contributed by atoms with van der Waals surface area (Å²) in [5, 5.41) is 6.60. The van der Waals surface area contributed by atoms with E-state index in [-0.39, 0.29) is 22.8 Å². The zero-order valence-corrected chi connectivity index (χ0v) is 19.5. The lowest BCUT2D eigenvalue weighted by Gasteiger charge is -2.38. The molecule has 2 aromatic carbocycles. The first-order chi connectivity index (χ1) is 14.8. The van der Waals surface area contributed by atoms with Gasteiger partial charge in [-0.3, -0.25) is 14.9 Å². The highest BCUT2D eigenvalue weighted by atomic mass is 35.5. The van der Waals surface area contributed by atoms with Gasteiger partial charge in [-0.1, -0.05) is 49.2 Å². The minimum atomic E-state index is -0.276. The molecule has 0 spiro atoms. The highest BCUT2D eigenvalue weighted by molar-refractivity contribution is 7.80. The molecular weight excluding hydrogens is 432 g/mol. The maximum Gasteiger partial charge on any atom is 0.257 e. The molecule has 1 aliphatic heterocycles. The molecule has 1 saturated heterocycles. The molecule has 1 fully saturated rings. The molecule has 2 N–H and O–H groups in total. The second-order valence-corrected chi connectivity index (χ2v) is 8.69. The minimum Gasteiger partial charge on any atom is -0.365 e. The normalized spacial score (nSPS) is 13.8. The van der Waals surface area contributed by atoms with Crippen molar-refractivity contribution in [1.82, 2.24) is 10.2 Å². The van der Waals surface area contributed by atoms with Crippen LogP contribution in [0.5, 0.6) is 0 Å². The number of anilines is 2. The van der Waals surface area contributed by atoms with Gasteiger partial charge in [-0.05, 0) is 43.4 Å². The number of hydrogen-bond acceptors (Lipinski definition) is 4. The third-order valence-corrected chi connectivity index (χ3v) is 5.69. The molecule has 6 nitrogen and oxygen atoms in total. The largest absolute Gasteiger partial charge is 0.365 e. The van der Waals surface area contributed by atoms with Gasteiger partial charge < -0.3 is 15.1 Å². The quantitative estimate of drug-likeness (QED) is 0.676. The summed E-state index contributed by atoms with van der Waals surface area (Å²) in [6, 6.07) is 12.8. The molecule has 0 bridgehead atoms. The number of nitrogens with zero attached hydrogens (tertiary/aromatic N) is 2. The number of hydrogen-bond donors (Lipinski definition) is 2. The van der Waals surface area contributed by atoms with E-state index in [1.807, 2.05) is 56.0 Å². The summed E-state index contributed by atoms with van der Waals surface area (Å²) in [6.45, 7) is 8.39. The van der Waals surface area contributed by atoms with Gasteiger partial charge in [0.1, 0.15) is 0 Å². The van der Waals surface area contributed by atoms with Crippen LogP contribution in [-0.4, -0.2) is 48.0 Å². The van der Waals surface area contributed by atoms with Crippen LogP contribution in [0.15, 0.2) is 42.5 Å². The molecule has 8 heteroatoms. The van der Waals surface area contributed by atoms with Crippen LogP contribution in [0.3, 0.4) is 0 Å². The van der Waals surface area contributed by atoms with Crippen molar-refractivity contribution in [2.75, 3.05) is 36.4 Å². The molecule has 1 aliphatic rings. The number of thiocarbonyl (C=S) groups is 1. The van der Waals surface area contributed by atoms with Gasteiger partial charge in [-0.15, -0.1) is 0 Å². The summed E-state index contributed by atoms with van der Waals surface area (Å²) in [7, 11) is 0. The molecule has 0 atom stereocenters. The fourth-order valence-corrected chi connectivity index (χ4v) is 3.98. The van der Waals surface area contributed by atoms with Crippen LogP contribution in [0, 0.1) is 12.8 Å². The van der Waals surface area contributed by atoms with E-state index < -0.39 is 0 Å². The number of carbonyl (C=O) groups excluding carboxylic acids is 2. The van der Waals surface area contributed by atoms with E-state index in [2.05, 4.69) is 15.5 Å². The van der Waals surface area contributed by atoms with Crippen LogP contribution in [0.2, 0.25) is 5.02 Å². The van der Waals surface area contributed by atoms with Gasteiger partial charge in [0.05, 0.1) is 16.4 Å².